The average Bonchev–Trinajstić information content (AvgIpc) is 2.26. The third-order valence-electron chi connectivity index (χ3n) is 2.64. The first-order valence-corrected chi connectivity index (χ1v) is 4.79. The molecular weight excluding hydrogens is 158 g/mol. The van der Waals surface area contributed by atoms with E-state index in [2.05, 4.69) is 49.3 Å². The summed E-state index contributed by atoms with van der Waals surface area (Å²) in [6, 6.07) is 8.65. The van der Waals surface area contributed by atoms with Crippen LogP contribution in [-0.2, 0) is 11.8 Å². The molecule has 0 saturated heterocycles. The molecule has 0 aromatic heterocycles. The van der Waals surface area contributed by atoms with Gasteiger partial charge in [-0.25, -0.2) is 0 Å². The van der Waals surface area contributed by atoms with Gasteiger partial charge >= 0.3 is 0 Å². The molecule has 0 N–H and O–H groups in total. The maximum Gasteiger partial charge on any atom is 0.0426 e. The van der Waals surface area contributed by atoms with E-state index in [0.717, 1.165) is 13.0 Å². The summed E-state index contributed by atoms with van der Waals surface area (Å²) in [5.41, 5.74) is 2.98. The number of nitrogens with zero attached hydrogens (tertiary/aromatic N) is 1. The van der Waals surface area contributed by atoms with Gasteiger partial charge < -0.3 is 0 Å². The van der Waals surface area contributed by atoms with Crippen LogP contribution in [0.3, 0.4) is 0 Å². The molecule has 0 radical (unpaired) electrons. The van der Waals surface area contributed by atoms with Crippen LogP contribution in [-0.4, -0.2) is 12.8 Å². The monoisotopic (exact) mass is 173 g/mol. The van der Waals surface area contributed by atoms with Crippen LogP contribution < -0.4 is 0 Å². The third-order valence-corrected chi connectivity index (χ3v) is 2.64. The van der Waals surface area contributed by atoms with E-state index in [1.807, 2.05) is 0 Å². The van der Waals surface area contributed by atoms with Gasteiger partial charge in [-0.2, -0.15) is 0 Å². The summed E-state index contributed by atoms with van der Waals surface area (Å²) in [5.74, 6) is 0. The molecule has 0 unspecified atom stereocenters. The topological polar surface area (TPSA) is 12.4 Å². The minimum atomic E-state index is 0.104. The van der Waals surface area contributed by atoms with Crippen molar-refractivity contribution in [3.05, 3.63) is 35.4 Å². The number of hydrogen-bond donors (Lipinski definition) is 0. The summed E-state index contributed by atoms with van der Waals surface area (Å²) in [5, 5.41) is 0. The maximum atomic E-state index is 4.41. The Morgan fingerprint density at radius 3 is 2.85 bits per heavy atom. The molecule has 0 aliphatic carbocycles. The SMILES string of the molecule is CC1(C)C=NCCc2ccccc21. The lowest BCUT2D eigenvalue weighted by Gasteiger charge is -2.21. The normalized spacial score (nSPS) is 19.2. The second-order valence-electron chi connectivity index (χ2n) is 4.16. The fourth-order valence-corrected chi connectivity index (χ4v) is 1.91. The molecule has 68 valence electrons. The van der Waals surface area contributed by atoms with E-state index in [1.54, 1.807) is 0 Å². The molecule has 1 heterocycles. The Morgan fingerprint density at radius 2 is 2.00 bits per heavy atom. The van der Waals surface area contributed by atoms with Crippen molar-refractivity contribution in [3.63, 3.8) is 0 Å². The van der Waals surface area contributed by atoms with Gasteiger partial charge in [-0.05, 0) is 17.5 Å². The van der Waals surface area contributed by atoms with Crippen LogP contribution in [0.2, 0.25) is 0 Å². The first kappa shape index (κ1) is 8.49. The summed E-state index contributed by atoms with van der Waals surface area (Å²) < 4.78 is 0. The standard InChI is InChI=1S/C12H15N/c1-12(2)9-13-8-7-10-5-3-4-6-11(10)12/h3-6,9H,7-8H2,1-2H3. The lowest BCUT2D eigenvalue weighted by molar-refractivity contribution is 0.731. The average molecular weight is 173 g/mol. The van der Waals surface area contributed by atoms with Crippen LogP contribution >= 0.6 is 0 Å². The van der Waals surface area contributed by atoms with E-state index in [9.17, 15) is 0 Å². The summed E-state index contributed by atoms with van der Waals surface area (Å²) in [6.07, 6.45) is 3.16. The highest BCUT2D eigenvalue weighted by Gasteiger charge is 2.22. The molecule has 13 heavy (non-hydrogen) atoms. The lowest BCUT2D eigenvalue weighted by Crippen LogP contribution is -2.19. The molecule has 2 rings (SSSR count). The van der Waals surface area contributed by atoms with Crippen molar-refractivity contribution in [1.82, 2.24) is 0 Å². The molecule has 1 heteroatoms. The second kappa shape index (κ2) is 2.99. The van der Waals surface area contributed by atoms with Gasteiger partial charge in [0.2, 0.25) is 0 Å². The summed E-state index contributed by atoms with van der Waals surface area (Å²) in [4.78, 5) is 4.41. The van der Waals surface area contributed by atoms with Crippen LogP contribution in [0.25, 0.3) is 0 Å². The predicted molar refractivity (Wildman–Crippen MR) is 56.5 cm³/mol. The van der Waals surface area contributed by atoms with Gasteiger partial charge in [-0.1, -0.05) is 38.1 Å². The largest absolute Gasteiger partial charge is 0.296 e. The van der Waals surface area contributed by atoms with Crippen LogP contribution in [0.15, 0.2) is 29.3 Å². The van der Waals surface area contributed by atoms with Crippen LogP contribution in [0.1, 0.15) is 25.0 Å². The molecule has 1 nitrogen and oxygen atoms in total. The van der Waals surface area contributed by atoms with Gasteiger partial charge in [0.1, 0.15) is 0 Å². The summed E-state index contributed by atoms with van der Waals surface area (Å²) in [6.45, 7) is 5.38. The van der Waals surface area contributed by atoms with Gasteiger partial charge in [0, 0.05) is 18.2 Å². The zero-order valence-corrected chi connectivity index (χ0v) is 8.25. The highest BCUT2D eigenvalue weighted by Crippen LogP contribution is 2.26. The van der Waals surface area contributed by atoms with Crippen molar-refractivity contribution < 1.29 is 0 Å². The van der Waals surface area contributed by atoms with Crippen molar-refractivity contribution in [2.45, 2.75) is 25.7 Å². The fourth-order valence-electron chi connectivity index (χ4n) is 1.91. The van der Waals surface area contributed by atoms with E-state index in [1.165, 1.54) is 11.1 Å². The zero-order chi connectivity index (χ0) is 9.31. The zero-order valence-electron chi connectivity index (χ0n) is 8.25. The van der Waals surface area contributed by atoms with Crippen LogP contribution in [0.4, 0.5) is 0 Å². The highest BCUT2D eigenvalue weighted by atomic mass is 14.7. The Hall–Kier alpha value is -1.11. The van der Waals surface area contributed by atoms with E-state index >= 15 is 0 Å². The number of aliphatic imine (C=N–C) groups is 1. The third kappa shape index (κ3) is 1.51. The van der Waals surface area contributed by atoms with Crippen molar-refractivity contribution in [1.29, 1.82) is 0 Å². The van der Waals surface area contributed by atoms with E-state index in [4.69, 9.17) is 0 Å². The minimum Gasteiger partial charge on any atom is -0.296 e. The molecule has 1 aliphatic rings. The van der Waals surface area contributed by atoms with E-state index in [0.29, 0.717) is 0 Å². The van der Waals surface area contributed by atoms with Gasteiger partial charge in [0.25, 0.3) is 0 Å². The summed E-state index contributed by atoms with van der Waals surface area (Å²) in [7, 11) is 0. The van der Waals surface area contributed by atoms with E-state index in [-0.39, 0.29) is 5.41 Å². The Bertz CT molecular complexity index is 337. The minimum absolute atomic E-state index is 0.104. The highest BCUT2D eigenvalue weighted by molar-refractivity contribution is 5.74. The van der Waals surface area contributed by atoms with Crippen molar-refractivity contribution in [2.75, 3.05) is 6.54 Å². The lowest BCUT2D eigenvalue weighted by atomic mass is 9.83. The Labute approximate surface area is 79.5 Å². The van der Waals surface area contributed by atoms with Gasteiger partial charge in [0.05, 0.1) is 0 Å². The van der Waals surface area contributed by atoms with Gasteiger partial charge in [0.15, 0.2) is 0 Å². The molecule has 1 aromatic rings. The van der Waals surface area contributed by atoms with Crippen molar-refractivity contribution in [2.24, 2.45) is 4.99 Å². The molecule has 0 saturated carbocycles. The Kier molecular flexibility index (Phi) is 1.95. The Balaban J connectivity index is 2.56. The van der Waals surface area contributed by atoms with Gasteiger partial charge in [-0.3, -0.25) is 4.99 Å². The fraction of sp³-hybridized carbons (Fsp3) is 0.417. The van der Waals surface area contributed by atoms with Crippen molar-refractivity contribution in [3.8, 4) is 0 Å². The molecular formula is C12H15N. The number of hydrogen-bond acceptors (Lipinski definition) is 1. The number of fused-ring (bicyclic) bond motifs is 1. The number of benzene rings is 1. The first-order chi connectivity index (χ1) is 6.20. The molecule has 1 aliphatic heterocycles. The molecule has 0 amide bonds. The first-order valence-electron chi connectivity index (χ1n) is 4.79. The summed E-state index contributed by atoms with van der Waals surface area (Å²) >= 11 is 0. The maximum absolute atomic E-state index is 4.41. The van der Waals surface area contributed by atoms with Gasteiger partial charge in [-0.15, -0.1) is 0 Å². The molecule has 0 spiro atoms. The quantitative estimate of drug-likeness (QED) is 0.572. The predicted octanol–water partition coefficient (Wildman–Crippen LogP) is 2.59. The molecule has 1 aromatic carbocycles. The van der Waals surface area contributed by atoms with E-state index < -0.39 is 0 Å². The molecule has 0 bridgehead atoms. The smallest absolute Gasteiger partial charge is 0.0426 e. The number of rotatable bonds is 0. The molecule has 0 fully saturated rings. The van der Waals surface area contributed by atoms with Crippen LogP contribution in [0.5, 0.6) is 0 Å². The van der Waals surface area contributed by atoms with Crippen molar-refractivity contribution >= 4 is 6.21 Å². The second-order valence-corrected chi connectivity index (χ2v) is 4.16. The Morgan fingerprint density at radius 1 is 1.23 bits per heavy atom. The molecule has 0 atom stereocenters. The van der Waals surface area contributed by atoms with Crippen LogP contribution in [0, 0.1) is 0 Å².